The zero-order valence-corrected chi connectivity index (χ0v) is 13.6. The molecule has 3 rings (SSSR count). The van der Waals surface area contributed by atoms with Crippen molar-refractivity contribution in [2.24, 2.45) is 0 Å². The van der Waals surface area contributed by atoms with Gasteiger partial charge in [-0.05, 0) is 11.6 Å². The zero-order valence-electron chi connectivity index (χ0n) is 17.6. The lowest BCUT2D eigenvalue weighted by Crippen LogP contribution is -2.40. The number of ketones is 1. The van der Waals surface area contributed by atoms with Crippen molar-refractivity contribution < 1.29 is 41.4 Å². The predicted octanol–water partition coefficient (Wildman–Crippen LogP) is 2.26. The van der Waals surface area contributed by atoms with Crippen LogP contribution in [0.4, 0.5) is 26.3 Å². The Balaban J connectivity index is 1.85. The molecular weight excluding hydrogens is 394 g/mol. The number of aromatic nitrogens is 3. The van der Waals surface area contributed by atoms with Gasteiger partial charge in [0.05, 0.1) is 18.4 Å². The van der Waals surface area contributed by atoms with Gasteiger partial charge in [0.15, 0.2) is 17.5 Å². The molecule has 1 aromatic carbocycles. The molecule has 0 fully saturated rings. The highest BCUT2D eigenvalue weighted by atomic mass is 19.4. The van der Waals surface area contributed by atoms with Crippen LogP contribution >= 0.6 is 0 Å². The number of halogens is 6. The number of hydrogen-bond donors (Lipinski definition) is 0. The fourth-order valence-corrected chi connectivity index (χ4v) is 2.40. The molecule has 1 amide bonds. The Labute approximate surface area is 159 Å². The number of Topliss-reactive ketones (excluding diaryl/α,β-unsaturated/α-hetero) is 1. The standard InChI is InChI=1S/C16H12F6N4O2/c17-10-6-12(19)11(18)4-8(10)3-9(27)5-14(28)25-1-2-26-13(7-25)23-24-15(26)16(20,21)22/h4,6H,1-3,5,7H2/i1D2,2D2. The van der Waals surface area contributed by atoms with Gasteiger partial charge in [-0.15, -0.1) is 10.2 Å². The minimum atomic E-state index is -5.16. The Hall–Kier alpha value is -2.92. The van der Waals surface area contributed by atoms with Crippen molar-refractivity contribution >= 4 is 11.7 Å². The van der Waals surface area contributed by atoms with Gasteiger partial charge in [0.25, 0.3) is 0 Å². The molecule has 6 nitrogen and oxygen atoms in total. The second-order valence-corrected chi connectivity index (χ2v) is 5.73. The number of carbonyl (C=O) groups is 2. The lowest BCUT2D eigenvalue weighted by Gasteiger charge is -2.27. The van der Waals surface area contributed by atoms with Crippen LogP contribution in [0.1, 0.15) is 29.1 Å². The summed E-state index contributed by atoms with van der Waals surface area (Å²) in [6.45, 7) is -7.78. The van der Waals surface area contributed by atoms with E-state index in [2.05, 4.69) is 10.2 Å². The molecule has 28 heavy (non-hydrogen) atoms. The Kier molecular flexibility index (Phi) is 3.89. The average Bonchev–Trinajstić information content (AvgIpc) is 3.08. The summed E-state index contributed by atoms with van der Waals surface area (Å²) < 4.78 is 111. The van der Waals surface area contributed by atoms with Crippen molar-refractivity contribution in [3.05, 3.63) is 46.8 Å². The number of fused-ring (bicyclic) bond motifs is 1. The summed E-state index contributed by atoms with van der Waals surface area (Å²) in [7, 11) is 0. The summed E-state index contributed by atoms with van der Waals surface area (Å²) in [5.41, 5.74) is -0.576. The van der Waals surface area contributed by atoms with Crippen LogP contribution in [0.15, 0.2) is 12.1 Å². The first-order valence-electron chi connectivity index (χ1n) is 9.55. The first-order chi connectivity index (χ1) is 14.6. The van der Waals surface area contributed by atoms with E-state index < -0.39 is 84.9 Å². The molecule has 1 aromatic heterocycles. The van der Waals surface area contributed by atoms with Gasteiger partial charge in [-0.1, -0.05) is 0 Å². The van der Waals surface area contributed by atoms with Crippen molar-refractivity contribution in [2.45, 2.75) is 32.1 Å². The quantitative estimate of drug-likeness (QED) is 0.441. The van der Waals surface area contributed by atoms with Gasteiger partial charge >= 0.3 is 6.18 Å². The van der Waals surface area contributed by atoms with Crippen LogP contribution in [-0.2, 0) is 35.2 Å². The molecule has 0 saturated heterocycles. The summed E-state index contributed by atoms with van der Waals surface area (Å²) in [5.74, 6) is -9.12. The van der Waals surface area contributed by atoms with E-state index in [1.54, 1.807) is 0 Å². The van der Waals surface area contributed by atoms with Crippen molar-refractivity contribution in [1.82, 2.24) is 19.7 Å². The monoisotopic (exact) mass is 410 g/mol. The molecule has 150 valence electrons. The molecule has 12 heteroatoms. The maximum Gasteiger partial charge on any atom is 0.451 e. The number of alkyl halides is 3. The molecule has 1 aliphatic heterocycles. The number of hydrogen-bond acceptors (Lipinski definition) is 4. The minimum Gasteiger partial charge on any atom is -0.333 e. The lowest BCUT2D eigenvalue weighted by atomic mass is 10.1. The average molecular weight is 410 g/mol. The Morgan fingerprint density at radius 1 is 1.07 bits per heavy atom. The third kappa shape index (κ3) is 3.99. The Bertz CT molecular complexity index is 1100. The summed E-state index contributed by atoms with van der Waals surface area (Å²) in [6, 6.07) is 0.607. The first kappa shape index (κ1) is 15.1. The Morgan fingerprint density at radius 2 is 1.75 bits per heavy atom. The minimum absolute atomic E-state index is 0.102. The molecule has 0 bridgehead atoms. The third-order valence-electron chi connectivity index (χ3n) is 3.71. The van der Waals surface area contributed by atoms with Gasteiger partial charge in [-0.25, -0.2) is 13.2 Å². The van der Waals surface area contributed by atoms with Gasteiger partial charge in [-0.3, -0.25) is 9.59 Å². The second kappa shape index (κ2) is 7.24. The van der Waals surface area contributed by atoms with Crippen LogP contribution in [0.25, 0.3) is 0 Å². The number of amides is 1. The molecule has 2 aromatic rings. The highest BCUT2D eigenvalue weighted by Crippen LogP contribution is 2.29. The molecule has 2 heterocycles. The molecule has 0 aliphatic carbocycles. The first-order valence-corrected chi connectivity index (χ1v) is 7.55. The highest BCUT2D eigenvalue weighted by molar-refractivity contribution is 5.98. The van der Waals surface area contributed by atoms with Crippen molar-refractivity contribution in [3.8, 4) is 0 Å². The van der Waals surface area contributed by atoms with Gasteiger partial charge < -0.3 is 9.47 Å². The van der Waals surface area contributed by atoms with E-state index in [-0.39, 0.29) is 15.5 Å². The summed E-state index contributed by atoms with van der Waals surface area (Å²) in [5, 5.41) is 6.01. The van der Waals surface area contributed by atoms with Crippen LogP contribution in [0.3, 0.4) is 0 Å². The van der Waals surface area contributed by atoms with Crippen molar-refractivity contribution in [3.63, 3.8) is 0 Å². The van der Waals surface area contributed by atoms with Gasteiger partial charge in [0, 0.05) is 25.5 Å². The maximum absolute atomic E-state index is 13.7. The fourth-order valence-electron chi connectivity index (χ4n) is 2.40. The Morgan fingerprint density at radius 3 is 2.43 bits per heavy atom. The van der Waals surface area contributed by atoms with E-state index in [4.69, 9.17) is 5.48 Å². The van der Waals surface area contributed by atoms with E-state index in [1.165, 1.54) is 0 Å². The smallest absolute Gasteiger partial charge is 0.333 e. The van der Waals surface area contributed by atoms with Crippen LogP contribution < -0.4 is 0 Å². The van der Waals surface area contributed by atoms with Crippen LogP contribution in [0, 0.1) is 17.5 Å². The fraction of sp³-hybridized carbons (Fsp3) is 0.375. The molecule has 1 aliphatic rings. The van der Waals surface area contributed by atoms with E-state index in [0.29, 0.717) is 6.07 Å². The predicted molar refractivity (Wildman–Crippen MR) is 80.1 cm³/mol. The zero-order chi connectivity index (χ0) is 24.2. The normalized spacial score (nSPS) is 19.9. The number of rotatable bonds is 4. The number of carbonyl (C=O) groups excluding carboxylic acids is 2. The van der Waals surface area contributed by atoms with Crippen LogP contribution in [0.2, 0.25) is 0 Å². The van der Waals surface area contributed by atoms with Crippen LogP contribution in [0.5, 0.6) is 0 Å². The number of nitrogens with zero attached hydrogens (tertiary/aromatic N) is 4. The maximum atomic E-state index is 13.7. The summed E-state index contributed by atoms with van der Waals surface area (Å²) in [6.07, 6.45) is -7.15. The largest absolute Gasteiger partial charge is 0.451 e. The summed E-state index contributed by atoms with van der Waals surface area (Å²) in [4.78, 5) is 24.8. The van der Waals surface area contributed by atoms with Crippen molar-refractivity contribution in [1.29, 1.82) is 0 Å². The van der Waals surface area contributed by atoms with Gasteiger partial charge in [0.2, 0.25) is 11.7 Å². The molecule has 0 N–H and O–H groups in total. The molecular formula is C16H12F6N4O2. The lowest BCUT2D eigenvalue weighted by molar-refractivity contribution is -0.148. The van der Waals surface area contributed by atoms with E-state index >= 15 is 0 Å². The molecule has 0 atom stereocenters. The summed E-state index contributed by atoms with van der Waals surface area (Å²) >= 11 is 0. The molecule has 0 saturated carbocycles. The van der Waals surface area contributed by atoms with E-state index in [9.17, 15) is 35.9 Å². The molecule has 0 unspecified atom stereocenters. The molecule has 0 radical (unpaired) electrons. The second-order valence-electron chi connectivity index (χ2n) is 5.73. The molecule has 0 spiro atoms. The van der Waals surface area contributed by atoms with E-state index in [0.717, 1.165) is 0 Å². The number of benzene rings is 1. The SMILES string of the molecule is [2H]C1([2H])N(C(=O)CC(=O)Cc2cc(F)c(F)cc2F)Cc2nnc(C(F)(F)F)n2C1([2H])[2H]. The van der Waals surface area contributed by atoms with Crippen LogP contribution in [-0.4, -0.2) is 37.9 Å². The highest BCUT2D eigenvalue weighted by Gasteiger charge is 2.40. The van der Waals surface area contributed by atoms with Gasteiger partial charge in [0.1, 0.15) is 11.6 Å². The third-order valence-corrected chi connectivity index (χ3v) is 3.71. The van der Waals surface area contributed by atoms with Crippen molar-refractivity contribution in [2.75, 3.05) is 6.50 Å². The van der Waals surface area contributed by atoms with Gasteiger partial charge in [-0.2, -0.15) is 13.2 Å². The topological polar surface area (TPSA) is 68.1 Å². The van der Waals surface area contributed by atoms with E-state index in [1.807, 2.05) is 0 Å².